The second-order valence-corrected chi connectivity index (χ2v) is 6.61. The summed E-state index contributed by atoms with van der Waals surface area (Å²) in [5.41, 5.74) is 4.04. The predicted octanol–water partition coefficient (Wildman–Crippen LogP) is 2.42. The topological polar surface area (TPSA) is 64.9 Å². The second kappa shape index (κ2) is 7.11. The third kappa shape index (κ3) is 3.63. The van der Waals surface area contributed by atoms with Gasteiger partial charge >= 0.3 is 0 Å². The molecule has 1 aliphatic rings. The van der Waals surface area contributed by atoms with Gasteiger partial charge in [-0.25, -0.2) is 14.6 Å². The molecule has 6 nitrogen and oxygen atoms in total. The van der Waals surface area contributed by atoms with E-state index in [1.54, 1.807) is 17.7 Å². The van der Waals surface area contributed by atoms with Crippen LogP contribution in [0.2, 0.25) is 0 Å². The van der Waals surface area contributed by atoms with Crippen molar-refractivity contribution in [1.29, 1.82) is 0 Å². The Labute approximate surface area is 144 Å². The summed E-state index contributed by atoms with van der Waals surface area (Å²) >= 11 is 1.58. The maximum Gasteiger partial charge on any atom is 0.138 e. The monoisotopic (exact) mass is 341 g/mol. The van der Waals surface area contributed by atoms with Gasteiger partial charge in [0, 0.05) is 24.4 Å². The summed E-state index contributed by atoms with van der Waals surface area (Å²) in [5, 5.41) is 9.87. The zero-order valence-corrected chi connectivity index (χ0v) is 14.1. The Hall–Kier alpha value is -2.25. The highest BCUT2D eigenvalue weighted by Crippen LogP contribution is 2.16. The van der Waals surface area contributed by atoms with E-state index in [9.17, 15) is 0 Å². The van der Waals surface area contributed by atoms with E-state index < -0.39 is 0 Å². The molecule has 1 atom stereocenters. The number of nitrogens with zero attached hydrogens (tertiary/aromatic N) is 4. The zero-order valence-electron chi connectivity index (χ0n) is 13.3. The number of thiazole rings is 1. The van der Waals surface area contributed by atoms with E-state index in [1.807, 2.05) is 27.7 Å². The molecule has 3 aromatic rings. The second-order valence-electron chi connectivity index (χ2n) is 5.89. The van der Waals surface area contributed by atoms with E-state index in [2.05, 4.69) is 32.5 Å². The number of ether oxygens (including phenoxy) is 1. The first-order valence-corrected chi connectivity index (χ1v) is 9.00. The molecule has 124 valence electrons. The van der Waals surface area contributed by atoms with Gasteiger partial charge in [0.2, 0.25) is 0 Å². The fourth-order valence-electron chi connectivity index (χ4n) is 2.84. The van der Waals surface area contributed by atoms with Crippen LogP contribution < -0.4 is 10.1 Å². The predicted molar refractivity (Wildman–Crippen MR) is 91.9 cm³/mol. The van der Waals surface area contributed by atoms with Crippen LogP contribution in [0.25, 0.3) is 0 Å². The molecule has 0 amide bonds. The van der Waals surface area contributed by atoms with Gasteiger partial charge in [0.25, 0.3) is 0 Å². The first kappa shape index (κ1) is 15.3. The molecule has 7 heteroatoms. The Balaban J connectivity index is 1.26. The van der Waals surface area contributed by atoms with Crippen LogP contribution in [0.5, 0.6) is 5.75 Å². The lowest BCUT2D eigenvalue weighted by molar-refractivity contribution is 0.302. The van der Waals surface area contributed by atoms with Crippen molar-refractivity contribution in [1.82, 2.24) is 25.1 Å². The average Bonchev–Trinajstić information content (AvgIpc) is 3.30. The molecule has 0 fully saturated rings. The largest absolute Gasteiger partial charge is 0.487 e. The van der Waals surface area contributed by atoms with Crippen LogP contribution in [0.15, 0.2) is 41.5 Å². The van der Waals surface area contributed by atoms with Gasteiger partial charge in [0.05, 0.1) is 17.7 Å². The molecule has 0 bridgehead atoms. The summed E-state index contributed by atoms with van der Waals surface area (Å²) in [5.74, 6) is 1.96. The molecular weight excluding hydrogens is 322 g/mol. The van der Waals surface area contributed by atoms with Gasteiger partial charge in [0.1, 0.15) is 24.5 Å². The quantitative estimate of drug-likeness (QED) is 0.746. The zero-order chi connectivity index (χ0) is 16.2. The van der Waals surface area contributed by atoms with Crippen LogP contribution in [0, 0.1) is 0 Å². The summed E-state index contributed by atoms with van der Waals surface area (Å²) in [4.78, 5) is 8.48. The van der Waals surface area contributed by atoms with E-state index in [1.165, 1.54) is 5.56 Å². The molecule has 0 unspecified atom stereocenters. The standard InChI is InChI=1S/C17H19N5OS/c1-4-16(23-9-15-10-24-12-20-15)5-2-13(1)7-18-14-3-6-17-19-11-21-22(17)8-14/h1-2,4-5,10-12,14,18H,3,6-9H2/t14-/m0/s1. The number of benzene rings is 1. The number of aromatic nitrogens is 4. The fraction of sp³-hybridized carbons (Fsp3) is 0.353. The molecule has 0 saturated carbocycles. The Morgan fingerprint density at radius 1 is 1.25 bits per heavy atom. The van der Waals surface area contributed by atoms with Crippen molar-refractivity contribution >= 4 is 11.3 Å². The van der Waals surface area contributed by atoms with Gasteiger partial charge in [-0.15, -0.1) is 11.3 Å². The summed E-state index contributed by atoms with van der Waals surface area (Å²) in [6.45, 7) is 2.26. The number of rotatable bonds is 6. The molecule has 2 aromatic heterocycles. The summed E-state index contributed by atoms with van der Waals surface area (Å²) in [7, 11) is 0. The highest BCUT2D eigenvalue weighted by molar-refractivity contribution is 7.07. The van der Waals surface area contributed by atoms with Crippen molar-refractivity contribution in [2.75, 3.05) is 0 Å². The van der Waals surface area contributed by atoms with Crippen molar-refractivity contribution in [2.24, 2.45) is 0 Å². The Bertz CT molecular complexity index is 769. The van der Waals surface area contributed by atoms with Crippen molar-refractivity contribution in [3.8, 4) is 5.75 Å². The maximum absolute atomic E-state index is 5.74. The molecule has 0 radical (unpaired) electrons. The van der Waals surface area contributed by atoms with Gasteiger partial charge < -0.3 is 10.1 Å². The molecule has 1 aromatic carbocycles. The minimum atomic E-state index is 0.444. The third-order valence-electron chi connectivity index (χ3n) is 4.19. The molecular formula is C17H19N5OS. The van der Waals surface area contributed by atoms with Crippen molar-refractivity contribution in [2.45, 2.75) is 38.6 Å². The molecule has 1 aliphatic heterocycles. The van der Waals surface area contributed by atoms with Crippen LogP contribution in [0.1, 0.15) is 23.5 Å². The highest BCUT2D eigenvalue weighted by atomic mass is 32.1. The van der Waals surface area contributed by atoms with Crippen molar-refractivity contribution in [3.63, 3.8) is 0 Å². The average molecular weight is 341 g/mol. The number of nitrogens with one attached hydrogen (secondary N) is 1. The Morgan fingerprint density at radius 3 is 3.00 bits per heavy atom. The van der Waals surface area contributed by atoms with Gasteiger partial charge in [-0.3, -0.25) is 0 Å². The SMILES string of the molecule is c1nc2n(n1)C[C@@H](NCc1ccc(OCc3cscn3)cc1)CC2. The maximum atomic E-state index is 5.74. The van der Waals surface area contributed by atoms with Crippen LogP contribution >= 0.6 is 11.3 Å². The summed E-state index contributed by atoms with van der Waals surface area (Å²) in [6, 6.07) is 8.68. The summed E-state index contributed by atoms with van der Waals surface area (Å²) < 4.78 is 7.73. The van der Waals surface area contributed by atoms with Gasteiger partial charge in [-0.05, 0) is 24.1 Å². The lowest BCUT2D eigenvalue weighted by Gasteiger charge is -2.23. The van der Waals surface area contributed by atoms with E-state index in [4.69, 9.17) is 4.74 Å². The minimum absolute atomic E-state index is 0.444. The van der Waals surface area contributed by atoms with Crippen LogP contribution in [-0.4, -0.2) is 25.8 Å². The van der Waals surface area contributed by atoms with Crippen molar-refractivity contribution in [3.05, 3.63) is 58.6 Å². The first-order chi connectivity index (χ1) is 11.9. The third-order valence-corrected chi connectivity index (χ3v) is 4.83. The van der Waals surface area contributed by atoms with Crippen LogP contribution in [0.3, 0.4) is 0 Å². The van der Waals surface area contributed by atoms with Gasteiger partial charge in [0.15, 0.2) is 0 Å². The van der Waals surface area contributed by atoms with E-state index >= 15 is 0 Å². The van der Waals surface area contributed by atoms with Crippen LogP contribution in [0.4, 0.5) is 0 Å². The smallest absolute Gasteiger partial charge is 0.138 e. The van der Waals surface area contributed by atoms with E-state index in [0.29, 0.717) is 12.6 Å². The molecule has 0 saturated heterocycles. The van der Waals surface area contributed by atoms with Gasteiger partial charge in [-0.1, -0.05) is 12.1 Å². The lowest BCUT2D eigenvalue weighted by atomic mass is 10.1. The summed E-state index contributed by atoms with van der Waals surface area (Å²) in [6.07, 6.45) is 3.73. The molecule has 4 rings (SSSR count). The molecule has 0 spiro atoms. The number of fused-ring (bicyclic) bond motifs is 1. The molecule has 3 heterocycles. The lowest BCUT2D eigenvalue weighted by Crippen LogP contribution is -2.37. The Kier molecular flexibility index (Phi) is 4.53. The molecule has 1 N–H and O–H groups in total. The van der Waals surface area contributed by atoms with E-state index in [-0.39, 0.29) is 0 Å². The van der Waals surface area contributed by atoms with Crippen molar-refractivity contribution < 1.29 is 4.74 Å². The fourth-order valence-corrected chi connectivity index (χ4v) is 3.38. The number of hydrogen-bond donors (Lipinski definition) is 1. The van der Waals surface area contributed by atoms with Gasteiger partial charge in [-0.2, -0.15) is 5.10 Å². The van der Waals surface area contributed by atoms with Crippen LogP contribution in [-0.2, 0) is 26.1 Å². The van der Waals surface area contributed by atoms with E-state index in [0.717, 1.165) is 43.2 Å². The number of aryl methyl sites for hydroxylation is 1. The molecule has 0 aliphatic carbocycles. The normalized spacial score (nSPS) is 16.8. The molecule has 24 heavy (non-hydrogen) atoms. The first-order valence-electron chi connectivity index (χ1n) is 8.06. The Morgan fingerprint density at radius 2 is 2.17 bits per heavy atom. The highest BCUT2D eigenvalue weighted by Gasteiger charge is 2.18. The minimum Gasteiger partial charge on any atom is -0.487 e. The number of hydrogen-bond acceptors (Lipinski definition) is 6.